The molecule has 0 bridgehead atoms. The summed E-state index contributed by atoms with van der Waals surface area (Å²) < 4.78 is 1.51. The van der Waals surface area contributed by atoms with Crippen LogP contribution in [0.3, 0.4) is 0 Å². The summed E-state index contributed by atoms with van der Waals surface area (Å²) >= 11 is 1.30. The van der Waals surface area contributed by atoms with E-state index in [1.807, 2.05) is 42.5 Å². The molecule has 1 atom stereocenters. The summed E-state index contributed by atoms with van der Waals surface area (Å²) in [7, 11) is 1.69. The maximum atomic E-state index is 12.5. The van der Waals surface area contributed by atoms with Crippen LogP contribution in [0, 0.1) is 0 Å². The molecule has 1 heterocycles. The molecule has 1 aromatic heterocycles. The van der Waals surface area contributed by atoms with E-state index in [1.54, 1.807) is 13.1 Å². The first-order chi connectivity index (χ1) is 12.5. The average Bonchev–Trinajstić information content (AvgIpc) is 2.69. The van der Waals surface area contributed by atoms with E-state index in [2.05, 4.69) is 18.8 Å². The van der Waals surface area contributed by atoms with Crippen LogP contribution in [0.5, 0.6) is 0 Å². The Bertz CT molecular complexity index is 993. The molecule has 0 amide bonds. The normalized spacial score (nSPS) is 12.3. The van der Waals surface area contributed by atoms with Crippen molar-refractivity contribution in [3.63, 3.8) is 0 Å². The second-order valence-electron chi connectivity index (χ2n) is 6.42. The van der Waals surface area contributed by atoms with Gasteiger partial charge in [-0.05, 0) is 30.0 Å². The lowest BCUT2D eigenvalue weighted by Crippen LogP contribution is -2.20. The van der Waals surface area contributed by atoms with Gasteiger partial charge in [-0.15, -0.1) is 0 Å². The van der Waals surface area contributed by atoms with Gasteiger partial charge >= 0.3 is 0 Å². The van der Waals surface area contributed by atoms with E-state index in [0.717, 1.165) is 6.42 Å². The van der Waals surface area contributed by atoms with Crippen LogP contribution < -0.4 is 5.56 Å². The molecule has 2 aromatic carbocycles. The van der Waals surface area contributed by atoms with Crippen molar-refractivity contribution in [3.8, 4) is 0 Å². The Balaban J connectivity index is 1.76. The summed E-state index contributed by atoms with van der Waals surface area (Å²) in [4.78, 5) is 29.4. The summed E-state index contributed by atoms with van der Waals surface area (Å²) in [5.74, 6) is 0.777. The monoisotopic (exact) mass is 366 g/mol. The van der Waals surface area contributed by atoms with Crippen molar-refractivity contribution in [2.45, 2.75) is 31.3 Å². The molecule has 4 nitrogen and oxygen atoms in total. The van der Waals surface area contributed by atoms with Crippen molar-refractivity contribution in [2.24, 2.45) is 7.05 Å². The third-order valence-corrected chi connectivity index (χ3v) is 5.72. The van der Waals surface area contributed by atoms with Crippen molar-refractivity contribution in [1.82, 2.24) is 9.55 Å². The summed E-state index contributed by atoms with van der Waals surface area (Å²) in [6.07, 6.45) is 1.07. The van der Waals surface area contributed by atoms with Gasteiger partial charge in [0.25, 0.3) is 5.56 Å². The van der Waals surface area contributed by atoms with Crippen LogP contribution in [0.4, 0.5) is 0 Å². The Kier molecular flexibility index (Phi) is 5.57. The van der Waals surface area contributed by atoms with Crippen LogP contribution in [0.25, 0.3) is 10.9 Å². The van der Waals surface area contributed by atoms with E-state index in [9.17, 15) is 9.59 Å². The highest BCUT2D eigenvalue weighted by atomic mass is 32.2. The van der Waals surface area contributed by atoms with Gasteiger partial charge < -0.3 is 0 Å². The molecule has 5 heteroatoms. The minimum Gasteiger partial charge on any atom is -0.293 e. The molecule has 3 aromatic rings. The number of Topliss-reactive ketones (excluding diaryl/α,β-unsaturated/α-hetero) is 1. The minimum atomic E-state index is -0.0940. The number of hydrogen-bond donors (Lipinski definition) is 0. The van der Waals surface area contributed by atoms with Crippen LogP contribution in [-0.4, -0.2) is 21.1 Å². The van der Waals surface area contributed by atoms with Crippen LogP contribution in [0.1, 0.15) is 42.1 Å². The molecule has 26 heavy (non-hydrogen) atoms. The fraction of sp³-hybridized carbons (Fsp3) is 0.286. The van der Waals surface area contributed by atoms with Crippen LogP contribution in [0.2, 0.25) is 0 Å². The van der Waals surface area contributed by atoms with E-state index in [1.165, 1.54) is 21.9 Å². The number of thioether (sulfide) groups is 1. The Hall–Kier alpha value is -2.40. The molecule has 0 radical (unpaired) electrons. The second-order valence-corrected chi connectivity index (χ2v) is 7.36. The molecule has 3 rings (SSSR count). The Morgan fingerprint density at radius 2 is 1.85 bits per heavy atom. The first kappa shape index (κ1) is 18.4. The summed E-state index contributed by atoms with van der Waals surface area (Å²) in [6, 6.07) is 15.1. The number of hydrogen-bond acceptors (Lipinski definition) is 4. The largest absolute Gasteiger partial charge is 0.293 e. The number of para-hydroxylation sites is 1. The summed E-state index contributed by atoms with van der Waals surface area (Å²) in [5, 5.41) is 1.14. The lowest BCUT2D eigenvalue weighted by atomic mass is 9.97. The lowest BCUT2D eigenvalue weighted by Gasteiger charge is -2.10. The summed E-state index contributed by atoms with van der Waals surface area (Å²) in [5.41, 5.74) is 2.50. The quantitative estimate of drug-likeness (QED) is 0.368. The van der Waals surface area contributed by atoms with Gasteiger partial charge in [0.05, 0.1) is 16.7 Å². The number of carbonyl (C=O) groups excluding carboxylic acids is 1. The van der Waals surface area contributed by atoms with Crippen molar-refractivity contribution >= 4 is 28.4 Å². The zero-order valence-electron chi connectivity index (χ0n) is 15.2. The lowest BCUT2D eigenvalue weighted by molar-refractivity contribution is 0.102. The fourth-order valence-corrected chi connectivity index (χ4v) is 3.64. The van der Waals surface area contributed by atoms with Gasteiger partial charge in [0, 0.05) is 12.6 Å². The SMILES string of the molecule is CCC(C)c1ccc(C(=O)CSc2nc3ccccc3c(=O)n2C)cc1. The Labute approximate surface area is 157 Å². The van der Waals surface area contributed by atoms with E-state index < -0.39 is 0 Å². The molecular weight excluding hydrogens is 344 g/mol. The van der Waals surface area contributed by atoms with E-state index in [4.69, 9.17) is 0 Å². The third-order valence-electron chi connectivity index (χ3n) is 4.69. The molecule has 0 spiro atoms. The molecule has 0 fully saturated rings. The molecule has 0 saturated carbocycles. The molecule has 1 unspecified atom stereocenters. The highest BCUT2D eigenvalue weighted by molar-refractivity contribution is 7.99. The van der Waals surface area contributed by atoms with Crippen molar-refractivity contribution in [3.05, 3.63) is 70.0 Å². The Morgan fingerprint density at radius 1 is 1.15 bits per heavy atom. The van der Waals surface area contributed by atoms with Crippen LogP contribution in [-0.2, 0) is 7.05 Å². The zero-order valence-corrected chi connectivity index (χ0v) is 16.0. The fourth-order valence-electron chi connectivity index (χ4n) is 2.77. The smallest absolute Gasteiger partial charge is 0.261 e. The average molecular weight is 366 g/mol. The van der Waals surface area contributed by atoms with Gasteiger partial charge in [0.1, 0.15) is 0 Å². The number of nitrogens with zero attached hydrogens (tertiary/aromatic N) is 2. The first-order valence-corrected chi connectivity index (χ1v) is 9.71. The maximum Gasteiger partial charge on any atom is 0.261 e. The molecule has 0 aliphatic carbocycles. The van der Waals surface area contributed by atoms with Crippen LogP contribution in [0.15, 0.2) is 58.5 Å². The predicted molar refractivity (Wildman–Crippen MR) is 107 cm³/mol. The molecular formula is C21H22N2O2S. The number of fused-ring (bicyclic) bond motifs is 1. The molecule has 0 aliphatic heterocycles. The van der Waals surface area contributed by atoms with Crippen molar-refractivity contribution in [2.75, 3.05) is 5.75 Å². The number of rotatable bonds is 6. The molecule has 0 aliphatic rings. The van der Waals surface area contributed by atoms with Gasteiger partial charge in [-0.25, -0.2) is 4.98 Å². The van der Waals surface area contributed by atoms with E-state index in [0.29, 0.717) is 27.5 Å². The minimum absolute atomic E-state index is 0.0353. The topological polar surface area (TPSA) is 52.0 Å². The molecule has 0 N–H and O–H groups in total. The van der Waals surface area contributed by atoms with Crippen molar-refractivity contribution in [1.29, 1.82) is 0 Å². The molecule has 134 valence electrons. The highest BCUT2D eigenvalue weighted by Gasteiger charge is 2.12. The highest BCUT2D eigenvalue weighted by Crippen LogP contribution is 2.21. The maximum absolute atomic E-state index is 12.5. The van der Waals surface area contributed by atoms with Gasteiger partial charge in [-0.2, -0.15) is 0 Å². The standard InChI is InChI=1S/C21H22N2O2S/c1-4-14(2)15-9-11-16(12-10-15)19(24)13-26-21-22-18-8-6-5-7-17(18)20(25)23(21)3/h5-12,14H,4,13H2,1-3H3. The molecule has 0 saturated heterocycles. The number of carbonyl (C=O) groups is 1. The number of aromatic nitrogens is 2. The third kappa shape index (κ3) is 3.73. The number of ketones is 1. The van der Waals surface area contributed by atoms with E-state index in [-0.39, 0.29) is 17.1 Å². The van der Waals surface area contributed by atoms with Gasteiger partial charge in [0.2, 0.25) is 0 Å². The summed E-state index contributed by atoms with van der Waals surface area (Å²) in [6.45, 7) is 4.33. The first-order valence-electron chi connectivity index (χ1n) is 8.73. The van der Waals surface area contributed by atoms with Gasteiger partial charge in [-0.1, -0.05) is 62.0 Å². The van der Waals surface area contributed by atoms with Gasteiger partial charge in [-0.3, -0.25) is 14.2 Å². The predicted octanol–water partition coefficient (Wildman–Crippen LogP) is 4.42. The van der Waals surface area contributed by atoms with Crippen LogP contribution >= 0.6 is 11.8 Å². The number of benzene rings is 2. The van der Waals surface area contributed by atoms with Crippen molar-refractivity contribution < 1.29 is 4.79 Å². The second kappa shape index (κ2) is 7.87. The zero-order chi connectivity index (χ0) is 18.7. The Morgan fingerprint density at radius 3 is 2.54 bits per heavy atom. The van der Waals surface area contributed by atoms with Gasteiger partial charge in [0.15, 0.2) is 10.9 Å². The van der Waals surface area contributed by atoms with E-state index >= 15 is 0 Å².